The van der Waals surface area contributed by atoms with Gasteiger partial charge in [0, 0.05) is 6.42 Å². The number of ether oxygens (including phenoxy) is 2. The lowest BCUT2D eigenvalue weighted by Gasteiger charge is -2.35. The minimum absolute atomic E-state index is 0.168. The molecule has 0 unspecified atom stereocenters. The second-order valence-corrected chi connectivity index (χ2v) is 7.45. The van der Waals surface area contributed by atoms with Crippen LogP contribution in [-0.4, -0.2) is 11.7 Å². The predicted octanol–water partition coefficient (Wildman–Crippen LogP) is 5.63. The molecular formula is C22H21F3O2. The Balaban J connectivity index is 1.56. The van der Waals surface area contributed by atoms with Gasteiger partial charge in [-0.3, -0.25) is 0 Å². The molecule has 2 aliphatic heterocycles. The van der Waals surface area contributed by atoms with Gasteiger partial charge in [0.05, 0.1) is 18.3 Å². The molecule has 27 heavy (non-hydrogen) atoms. The van der Waals surface area contributed by atoms with Gasteiger partial charge in [0.1, 0.15) is 11.2 Å². The van der Waals surface area contributed by atoms with Crippen molar-refractivity contribution in [1.29, 1.82) is 0 Å². The van der Waals surface area contributed by atoms with Crippen molar-refractivity contribution in [2.45, 2.75) is 49.9 Å². The van der Waals surface area contributed by atoms with Crippen LogP contribution in [0, 0.1) is 0 Å². The minimum Gasteiger partial charge on any atom is -0.370 e. The Morgan fingerprint density at radius 1 is 1.07 bits per heavy atom. The van der Waals surface area contributed by atoms with Gasteiger partial charge in [-0.2, -0.15) is 13.2 Å². The van der Waals surface area contributed by atoms with Crippen LogP contribution in [0.2, 0.25) is 0 Å². The highest BCUT2D eigenvalue weighted by Gasteiger charge is 2.55. The van der Waals surface area contributed by atoms with E-state index in [1.54, 1.807) is 0 Å². The number of hydrogen-bond donors (Lipinski definition) is 0. The van der Waals surface area contributed by atoms with Crippen molar-refractivity contribution in [3.63, 3.8) is 0 Å². The molecule has 0 radical (unpaired) electrons. The molecule has 2 heterocycles. The fraction of sp³-hybridized carbons (Fsp3) is 0.364. The Labute approximate surface area is 156 Å². The molecule has 0 aliphatic carbocycles. The fourth-order valence-corrected chi connectivity index (χ4v) is 4.03. The van der Waals surface area contributed by atoms with Crippen molar-refractivity contribution in [2.24, 2.45) is 0 Å². The SMILES string of the molecule is C[C@]12C=CC[C@](c3ccc(C(F)(F)F)cc3)(C[C@H]1OCc1ccccc1)O2. The van der Waals surface area contributed by atoms with E-state index in [1.165, 1.54) is 12.1 Å². The van der Waals surface area contributed by atoms with E-state index in [0.29, 0.717) is 19.4 Å². The van der Waals surface area contributed by atoms with Gasteiger partial charge in [0.2, 0.25) is 0 Å². The van der Waals surface area contributed by atoms with Crippen LogP contribution in [0.1, 0.15) is 36.5 Å². The summed E-state index contributed by atoms with van der Waals surface area (Å²) in [5, 5.41) is 0. The van der Waals surface area contributed by atoms with E-state index in [1.807, 2.05) is 49.4 Å². The quantitative estimate of drug-likeness (QED) is 0.646. The van der Waals surface area contributed by atoms with E-state index in [-0.39, 0.29) is 6.10 Å². The zero-order valence-electron chi connectivity index (χ0n) is 15.0. The lowest BCUT2D eigenvalue weighted by molar-refractivity contribution is -0.137. The predicted molar refractivity (Wildman–Crippen MR) is 96.0 cm³/mol. The molecule has 2 aliphatic rings. The number of benzene rings is 2. The van der Waals surface area contributed by atoms with Gasteiger partial charge in [-0.15, -0.1) is 0 Å². The van der Waals surface area contributed by atoms with Crippen LogP contribution in [0.4, 0.5) is 13.2 Å². The lowest BCUT2D eigenvalue weighted by Crippen LogP contribution is -2.38. The Morgan fingerprint density at radius 3 is 2.44 bits per heavy atom. The third-order valence-electron chi connectivity index (χ3n) is 5.50. The smallest absolute Gasteiger partial charge is 0.370 e. The number of rotatable bonds is 4. The summed E-state index contributed by atoms with van der Waals surface area (Å²) in [6, 6.07) is 15.2. The Bertz CT molecular complexity index is 829. The highest BCUT2D eigenvalue weighted by atomic mass is 19.4. The summed E-state index contributed by atoms with van der Waals surface area (Å²) in [6.07, 6.45) is 0.784. The molecule has 5 heteroatoms. The van der Waals surface area contributed by atoms with Crippen molar-refractivity contribution in [3.05, 3.63) is 83.4 Å². The van der Waals surface area contributed by atoms with Crippen LogP contribution < -0.4 is 0 Å². The third-order valence-corrected chi connectivity index (χ3v) is 5.50. The Hall–Kier alpha value is -2.11. The van der Waals surface area contributed by atoms with Crippen LogP contribution in [0.15, 0.2) is 66.7 Å². The standard InChI is InChI=1S/C22H21F3O2/c1-20-12-5-13-21(27-20,17-8-10-18(11-9-17)22(23,24)25)14-19(20)26-15-16-6-3-2-4-7-16/h2-12,19H,13-15H2,1H3/t19-,20+,21-/m1/s1. The highest BCUT2D eigenvalue weighted by molar-refractivity contribution is 5.34. The topological polar surface area (TPSA) is 18.5 Å². The first-order valence-electron chi connectivity index (χ1n) is 9.02. The molecular weight excluding hydrogens is 353 g/mol. The second kappa shape index (κ2) is 6.50. The number of hydrogen-bond acceptors (Lipinski definition) is 2. The molecule has 4 rings (SSSR count). The lowest BCUT2D eigenvalue weighted by atomic mass is 9.87. The number of fused-ring (bicyclic) bond motifs is 2. The highest BCUT2D eigenvalue weighted by Crippen LogP contribution is 2.52. The fourth-order valence-electron chi connectivity index (χ4n) is 4.03. The van der Waals surface area contributed by atoms with Crippen molar-refractivity contribution in [3.8, 4) is 0 Å². The minimum atomic E-state index is -4.34. The van der Waals surface area contributed by atoms with Crippen molar-refractivity contribution >= 4 is 0 Å². The van der Waals surface area contributed by atoms with Crippen LogP contribution in [0.5, 0.6) is 0 Å². The summed E-state index contributed by atoms with van der Waals surface area (Å²) in [4.78, 5) is 0. The third kappa shape index (κ3) is 3.42. The summed E-state index contributed by atoms with van der Waals surface area (Å²) in [5.41, 5.74) is -0.0383. The van der Waals surface area contributed by atoms with Gasteiger partial charge in [0.25, 0.3) is 0 Å². The molecule has 2 nitrogen and oxygen atoms in total. The zero-order chi connectivity index (χ0) is 19.1. The maximum atomic E-state index is 12.9. The molecule has 3 atom stereocenters. The van der Waals surface area contributed by atoms with Gasteiger partial charge in [-0.25, -0.2) is 0 Å². The molecule has 0 amide bonds. The normalized spacial score (nSPS) is 29.9. The number of alkyl halides is 3. The van der Waals surface area contributed by atoms with Crippen LogP contribution in [-0.2, 0) is 27.9 Å². The van der Waals surface area contributed by atoms with Gasteiger partial charge < -0.3 is 9.47 Å². The molecule has 0 saturated carbocycles. The molecule has 0 N–H and O–H groups in total. The largest absolute Gasteiger partial charge is 0.416 e. The summed E-state index contributed by atoms with van der Waals surface area (Å²) < 4.78 is 51.2. The Morgan fingerprint density at radius 2 is 1.78 bits per heavy atom. The van der Waals surface area contributed by atoms with Gasteiger partial charge in [-0.1, -0.05) is 54.6 Å². The van der Waals surface area contributed by atoms with Crippen molar-refractivity contribution < 1.29 is 22.6 Å². The van der Waals surface area contributed by atoms with E-state index in [4.69, 9.17) is 9.47 Å². The van der Waals surface area contributed by atoms with Gasteiger partial charge >= 0.3 is 6.18 Å². The van der Waals surface area contributed by atoms with Crippen molar-refractivity contribution in [2.75, 3.05) is 0 Å². The summed E-state index contributed by atoms with van der Waals surface area (Å²) in [5.74, 6) is 0. The van der Waals surface area contributed by atoms with E-state index in [2.05, 4.69) is 0 Å². The Kier molecular flexibility index (Phi) is 4.40. The molecule has 0 aromatic heterocycles. The van der Waals surface area contributed by atoms with Crippen LogP contribution in [0.3, 0.4) is 0 Å². The van der Waals surface area contributed by atoms with Crippen molar-refractivity contribution in [1.82, 2.24) is 0 Å². The molecule has 2 bridgehead atoms. The average Bonchev–Trinajstić information content (AvgIpc) is 2.86. The molecule has 1 saturated heterocycles. The summed E-state index contributed by atoms with van der Waals surface area (Å²) in [6.45, 7) is 2.45. The molecule has 2 aromatic rings. The molecule has 0 spiro atoms. The number of halogens is 3. The summed E-state index contributed by atoms with van der Waals surface area (Å²) >= 11 is 0. The summed E-state index contributed by atoms with van der Waals surface area (Å²) in [7, 11) is 0. The van der Waals surface area contributed by atoms with Gasteiger partial charge in [-0.05, 0) is 36.6 Å². The van der Waals surface area contributed by atoms with E-state index < -0.39 is 22.9 Å². The zero-order valence-corrected chi connectivity index (χ0v) is 15.0. The first kappa shape index (κ1) is 18.3. The molecule has 2 aromatic carbocycles. The van der Waals surface area contributed by atoms with E-state index >= 15 is 0 Å². The van der Waals surface area contributed by atoms with E-state index in [9.17, 15) is 13.2 Å². The van der Waals surface area contributed by atoms with Crippen LogP contribution >= 0.6 is 0 Å². The maximum absolute atomic E-state index is 12.9. The molecule has 1 fully saturated rings. The second-order valence-electron chi connectivity index (χ2n) is 7.45. The van der Waals surface area contributed by atoms with E-state index in [0.717, 1.165) is 23.3 Å². The first-order valence-corrected chi connectivity index (χ1v) is 9.02. The monoisotopic (exact) mass is 374 g/mol. The van der Waals surface area contributed by atoms with Gasteiger partial charge in [0.15, 0.2) is 0 Å². The first-order chi connectivity index (χ1) is 12.8. The average molecular weight is 374 g/mol. The van der Waals surface area contributed by atoms with Crippen LogP contribution in [0.25, 0.3) is 0 Å². The molecule has 142 valence electrons. The maximum Gasteiger partial charge on any atom is 0.416 e.